The van der Waals surface area contributed by atoms with E-state index in [1.54, 1.807) is 0 Å². The quantitative estimate of drug-likeness (QED) is 0.757. The van der Waals surface area contributed by atoms with Crippen LogP contribution in [0.3, 0.4) is 0 Å². The standard InChI is InChI=1S/C17H25N3O/c1-4-18-14(2)17-13-19-20(15(17)3)11-8-12-21-16-9-6-5-7-10-16/h5-7,9-10,13-14,18H,4,8,11-12H2,1-3H3. The third-order valence-electron chi connectivity index (χ3n) is 3.64. The van der Waals surface area contributed by atoms with E-state index in [1.165, 1.54) is 11.3 Å². The molecule has 2 rings (SSSR count). The van der Waals surface area contributed by atoms with Crippen LogP contribution < -0.4 is 10.1 Å². The second kappa shape index (κ2) is 7.84. The first kappa shape index (κ1) is 15.6. The molecule has 4 nitrogen and oxygen atoms in total. The molecule has 0 radical (unpaired) electrons. The van der Waals surface area contributed by atoms with Crippen molar-refractivity contribution in [1.82, 2.24) is 15.1 Å². The second-order valence-electron chi connectivity index (χ2n) is 5.20. The van der Waals surface area contributed by atoms with E-state index in [0.717, 1.165) is 25.3 Å². The van der Waals surface area contributed by atoms with Gasteiger partial charge in [-0.15, -0.1) is 0 Å². The number of benzene rings is 1. The Labute approximate surface area is 127 Å². The molecule has 1 unspecified atom stereocenters. The number of nitrogens with one attached hydrogen (secondary N) is 1. The maximum Gasteiger partial charge on any atom is 0.119 e. The van der Waals surface area contributed by atoms with Gasteiger partial charge in [-0.25, -0.2) is 0 Å². The van der Waals surface area contributed by atoms with Crippen LogP contribution in [-0.4, -0.2) is 22.9 Å². The molecule has 0 spiro atoms. The Balaban J connectivity index is 1.81. The molecule has 2 aromatic rings. The molecule has 1 aromatic heterocycles. The van der Waals surface area contributed by atoms with E-state index in [1.807, 2.05) is 36.5 Å². The van der Waals surface area contributed by atoms with Crippen LogP contribution in [0.1, 0.15) is 37.6 Å². The topological polar surface area (TPSA) is 39.1 Å². The minimum absolute atomic E-state index is 0.351. The normalized spacial score (nSPS) is 12.3. The zero-order valence-electron chi connectivity index (χ0n) is 13.2. The van der Waals surface area contributed by atoms with Gasteiger partial charge in [0.2, 0.25) is 0 Å². The summed E-state index contributed by atoms with van der Waals surface area (Å²) < 4.78 is 7.77. The number of ether oxygens (including phenoxy) is 1. The Bertz CT molecular complexity index is 536. The lowest BCUT2D eigenvalue weighted by atomic mass is 10.1. The van der Waals surface area contributed by atoms with Crippen molar-refractivity contribution < 1.29 is 4.74 Å². The Morgan fingerprint density at radius 3 is 2.76 bits per heavy atom. The van der Waals surface area contributed by atoms with Crippen molar-refractivity contribution in [2.45, 2.75) is 39.8 Å². The van der Waals surface area contributed by atoms with Crippen molar-refractivity contribution in [3.05, 3.63) is 47.8 Å². The molecule has 0 fully saturated rings. The highest BCUT2D eigenvalue weighted by molar-refractivity contribution is 5.21. The molecule has 21 heavy (non-hydrogen) atoms. The number of nitrogens with zero attached hydrogens (tertiary/aromatic N) is 2. The van der Waals surface area contributed by atoms with E-state index >= 15 is 0 Å². The molecular formula is C17H25N3O. The fraction of sp³-hybridized carbons (Fsp3) is 0.471. The predicted octanol–water partition coefficient (Wildman–Crippen LogP) is 3.33. The van der Waals surface area contributed by atoms with Gasteiger partial charge in [0.1, 0.15) is 5.75 Å². The Hall–Kier alpha value is -1.81. The van der Waals surface area contributed by atoms with Crippen molar-refractivity contribution in [2.75, 3.05) is 13.2 Å². The number of hydrogen-bond donors (Lipinski definition) is 1. The molecule has 1 heterocycles. The molecule has 114 valence electrons. The minimum atomic E-state index is 0.351. The van der Waals surface area contributed by atoms with Crippen LogP contribution in [0.15, 0.2) is 36.5 Å². The maximum absolute atomic E-state index is 5.71. The zero-order chi connectivity index (χ0) is 15.1. The van der Waals surface area contributed by atoms with Gasteiger partial charge in [-0.1, -0.05) is 25.1 Å². The number of hydrogen-bond acceptors (Lipinski definition) is 3. The van der Waals surface area contributed by atoms with E-state index in [-0.39, 0.29) is 0 Å². The van der Waals surface area contributed by atoms with Gasteiger partial charge in [-0.05, 0) is 32.5 Å². The molecule has 0 bridgehead atoms. The summed E-state index contributed by atoms with van der Waals surface area (Å²) in [5, 5.41) is 7.91. The van der Waals surface area contributed by atoms with Gasteiger partial charge in [0.15, 0.2) is 0 Å². The molecule has 0 amide bonds. The van der Waals surface area contributed by atoms with Crippen LogP contribution in [0.25, 0.3) is 0 Å². The van der Waals surface area contributed by atoms with Gasteiger partial charge < -0.3 is 10.1 Å². The highest BCUT2D eigenvalue weighted by Gasteiger charge is 2.11. The lowest BCUT2D eigenvalue weighted by Crippen LogP contribution is -2.18. The SMILES string of the molecule is CCNC(C)c1cnn(CCCOc2ccccc2)c1C. The molecule has 1 atom stereocenters. The van der Waals surface area contributed by atoms with Crippen molar-refractivity contribution in [1.29, 1.82) is 0 Å². The largest absolute Gasteiger partial charge is 0.494 e. The van der Waals surface area contributed by atoms with Crippen molar-refractivity contribution in [3.63, 3.8) is 0 Å². The summed E-state index contributed by atoms with van der Waals surface area (Å²) >= 11 is 0. The number of aromatic nitrogens is 2. The van der Waals surface area contributed by atoms with Gasteiger partial charge in [0, 0.05) is 30.3 Å². The van der Waals surface area contributed by atoms with Crippen LogP contribution >= 0.6 is 0 Å². The molecule has 0 aliphatic rings. The number of para-hydroxylation sites is 1. The monoisotopic (exact) mass is 287 g/mol. The molecule has 0 saturated heterocycles. The number of rotatable bonds is 8. The van der Waals surface area contributed by atoms with E-state index in [2.05, 4.69) is 35.9 Å². The summed E-state index contributed by atoms with van der Waals surface area (Å²) in [7, 11) is 0. The van der Waals surface area contributed by atoms with Gasteiger partial charge >= 0.3 is 0 Å². The van der Waals surface area contributed by atoms with Gasteiger partial charge in [-0.3, -0.25) is 4.68 Å². The van der Waals surface area contributed by atoms with Gasteiger partial charge in [0.25, 0.3) is 0 Å². The molecule has 0 saturated carbocycles. The summed E-state index contributed by atoms with van der Waals surface area (Å²) in [5.74, 6) is 0.927. The van der Waals surface area contributed by atoms with Crippen LogP contribution in [0, 0.1) is 6.92 Å². The average Bonchev–Trinajstić information content (AvgIpc) is 2.86. The Kier molecular flexibility index (Phi) is 5.81. The van der Waals surface area contributed by atoms with Crippen LogP contribution in [0.5, 0.6) is 5.75 Å². The molecule has 0 aliphatic carbocycles. The number of aryl methyl sites for hydroxylation is 1. The van der Waals surface area contributed by atoms with Crippen LogP contribution in [0.2, 0.25) is 0 Å². The zero-order valence-corrected chi connectivity index (χ0v) is 13.2. The highest BCUT2D eigenvalue weighted by Crippen LogP contribution is 2.17. The molecule has 4 heteroatoms. The fourth-order valence-corrected chi connectivity index (χ4v) is 2.45. The third-order valence-corrected chi connectivity index (χ3v) is 3.64. The summed E-state index contributed by atoms with van der Waals surface area (Å²) in [6, 6.07) is 10.3. The first-order valence-corrected chi connectivity index (χ1v) is 7.66. The molecule has 1 aromatic carbocycles. The summed E-state index contributed by atoms with van der Waals surface area (Å²) in [4.78, 5) is 0. The minimum Gasteiger partial charge on any atom is -0.494 e. The Morgan fingerprint density at radius 2 is 2.05 bits per heavy atom. The summed E-state index contributed by atoms with van der Waals surface area (Å²) in [6.07, 6.45) is 2.92. The van der Waals surface area contributed by atoms with E-state index in [9.17, 15) is 0 Å². The summed E-state index contributed by atoms with van der Waals surface area (Å²) in [5.41, 5.74) is 2.52. The fourth-order valence-electron chi connectivity index (χ4n) is 2.45. The van der Waals surface area contributed by atoms with Crippen LogP contribution in [0.4, 0.5) is 0 Å². The predicted molar refractivity (Wildman–Crippen MR) is 85.6 cm³/mol. The smallest absolute Gasteiger partial charge is 0.119 e. The van der Waals surface area contributed by atoms with Gasteiger partial charge in [-0.2, -0.15) is 5.10 Å². The van der Waals surface area contributed by atoms with E-state index in [0.29, 0.717) is 12.6 Å². The lowest BCUT2D eigenvalue weighted by molar-refractivity contribution is 0.298. The first-order chi connectivity index (χ1) is 10.2. The Morgan fingerprint density at radius 1 is 1.29 bits per heavy atom. The van der Waals surface area contributed by atoms with E-state index < -0.39 is 0 Å². The molecule has 1 N–H and O–H groups in total. The van der Waals surface area contributed by atoms with E-state index in [4.69, 9.17) is 4.74 Å². The van der Waals surface area contributed by atoms with Crippen molar-refractivity contribution in [2.24, 2.45) is 0 Å². The highest BCUT2D eigenvalue weighted by atomic mass is 16.5. The van der Waals surface area contributed by atoms with Crippen molar-refractivity contribution >= 4 is 0 Å². The molecular weight excluding hydrogens is 262 g/mol. The summed E-state index contributed by atoms with van der Waals surface area (Å²) in [6.45, 7) is 9.00. The average molecular weight is 287 g/mol. The van der Waals surface area contributed by atoms with Crippen molar-refractivity contribution in [3.8, 4) is 5.75 Å². The second-order valence-corrected chi connectivity index (χ2v) is 5.20. The maximum atomic E-state index is 5.71. The van der Waals surface area contributed by atoms with Gasteiger partial charge in [0.05, 0.1) is 12.8 Å². The van der Waals surface area contributed by atoms with Crippen LogP contribution in [-0.2, 0) is 6.54 Å². The molecule has 0 aliphatic heterocycles. The first-order valence-electron chi connectivity index (χ1n) is 7.66. The lowest BCUT2D eigenvalue weighted by Gasteiger charge is -2.12. The third kappa shape index (κ3) is 4.33.